The van der Waals surface area contributed by atoms with Crippen LogP contribution >= 0.6 is 22.9 Å². The van der Waals surface area contributed by atoms with Gasteiger partial charge < -0.3 is 10.6 Å². The zero-order valence-electron chi connectivity index (χ0n) is 10.5. The number of benzene rings is 1. The molecule has 0 radical (unpaired) electrons. The number of likely N-dealkylation sites (N-methyl/N-ethyl adjacent to an activating group) is 1. The lowest BCUT2D eigenvalue weighted by Crippen LogP contribution is -2.35. The minimum Gasteiger partial charge on any atom is -0.340 e. The van der Waals surface area contributed by atoms with Crippen LogP contribution in [0.15, 0.2) is 41.8 Å². The molecule has 1 aromatic carbocycles. The van der Waals surface area contributed by atoms with E-state index < -0.39 is 6.04 Å². The predicted octanol–water partition coefficient (Wildman–Crippen LogP) is 3.06. The smallest absolute Gasteiger partial charge is 0.244 e. The van der Waals surface area contributed by atoms with E-state index in [9.17, 15) is 4.79 Å². The number of amides is 1. The van der Waals surface area contributed by atoms with Gasteiger partial charge in [-0.3, -0.25) is 4.79 Å². The van der Waals surface area contributed by atoms with Gasteiger partial charge in [-0.15, -0.1) is 11.3 Å². The lowest BCUT2D eigenvalue weighted by atomic mass is 10.2. The molecular formula is C14H15ClN2OS. The molecule has 5 heteroatoms. The summed E-state index contributed by atoms with van der Waals surface area (Å²) in [4.78, 5) is 14.7. The molecule has 2 N–H and O–H groups in total. The summed E-state index contributed by atoms with van der Waals surface area (Å²) >= 11 is 7.42. The Balaban J connectivity index is 2.03. The van der Waals surface area contributed by atoms with E-state index in [1.165, 1.54) is 11.3 Å². The van der Waals surface area contributed by atoms with Gasteiger partial charge in [0.05, 0.1) is 0 Å². The SMILES string of the molecule is CN(Cc1cccc(Cl)c1)C(=O)C(N)c1cccs1. The molecule has 1 atom stereocenters. The quantitative estimate of drug-likeness (QED) is 0.942. The number of nitrogens with two attached hydrogens (primary N) is 1. The maximum absolute atomic E-state index is 12.2. The highest BCUT2D eigenvalue weighted by molar-refractivity contribution is 7.10. The van der Waals surface area contributed by atoms with Crippen molar-refractivity contribution >= 4 is 28.8 Å². The summed E-state index contributed by atoms with van der Waals surface area (Å²) in [6, 6.07) is 10.6. The summed E-state index contributed by atoms with van der Waals surface area (Å²) in [6.07, 6.45) is 0. The van der Waals surface area contributed by atoms with E-state index in [1.807, 2.05) is 41.8 Å². The molecule has 1 aromatic heterocycles. The Bertz CT molecular complexity index is 556. The minimum absolute atomic E-state index is 0.0950. The van der Waals surface area contributed by atoms with Crippen LogP contribution in [-0.2, 0) is 11.3 Å². The molecule has 2 aromatic rings. The van der Waals surface area contributed by atoms with Gasteiger partial charge in [0.1, 0.15) is 6.04 Å². The van der Waals surface area contributed by atoms with Gasteiger partial charge in [0.2, 0.25) is 5.91 Å². The van der Waals surface area contributed by atoms with E-state index in [2.05, 4.69) is 0 Å². The topological polar surface area (TPSA) is 46.3 Å². The number of nitrogens with zero attached hydrogens (tertiary/aromatic N) is 1. The molecule has 0 bridgehead atoms. The molecule has 0 aliphatic rings. The third kappa shape index (κ3) is 3.56. The number of carbonyl (C=O) groups is 1. The van der Waals surface area contributed by atoms with E-state index in [-0.39, 0.29) is 5.91 Å². The summed E-state index contributed by atoms with van der Waals surface area (Å²) in [5, 5.41) is 2.58. The van der Waals surface area contributed by atoms with Crippen molar-refractivity contribution in [3.05, 3.63) is 57.2 Å². The summed E-state index contributed by atoms with van der Waals surface area (Å²) in [6.45, 7) is 0.498. The van der Waals surface area contributed by atoms with Crippen LogP contribution in [0.25, 0.3) is 0 Å². The first kappa shape index (κ1) is 14.1. The number of hydrogen-bond donors (Lipinski definition) is 1. The van der Waals surface area contributed by atoms with E-state index >= 15 is 0 Å². The highest BCUT2D eigenvalue weighted by Gasteiger charge is 2.20. The fourth-order valence-electron chi connectivity index (χ4n) is 1.81. The second kappa shape index (κ2) is 6.19. The highest BCUT2D eigenvalue weighted by Crippen LogP contribution is 2.19. The van der Waals surface area contributed by atoms with Gasteiger partial charge in [-0.05, 0) is 29.1 Å². The lowest BCUT2D eigenvalue weighted by Gasteiger charge is -2.21. The van der Waals surface area contributed by atoms with Crippen LogP contribution in [0.2, 0.25) is 5.02 Å². The van der Waals surface area contributed by atoms with Crippen molar-refractivity contribution in [3.8, 4) is 0 Å². The van der Waals surface area contributed by atoms with Crippen LogP contribution in [0.3, 0.4) is 0 Å². The molecule has 0 fully saturated rings. The molecular weight excluding hydrogens is 280 g/mol. The van der Waals surface area contributed by atoms with Gasteiger partial charge in [-0.2, -0.15) is 0 Å². The number of thiophene rings is 1. The molecule has 100 valence electrons. The minimum atomic E-state index is -0.593. The fourth-order valence-corrected chi connectivity index (χ4v) is 2.75. The van der Waals surface area contributed by atoms with Crippen molar-refractivity contribution in [1.82, 2.24) is 4.90 Å². The van der Waals surface area contributed by atoms with Crippen LogP contribution in [-0.4, -0.2) is 17.9 Å². The summed E-state index contributed by atoms with van der Waals surface area (Å²) < 4.78 is 0. The van der Waals surface area contributed by atoms with Gasteiger partial charge in [-0.25, -0.2) is 0 Å². The third-order valence-corrected chi connectivity index (χ3v) is 3.99. The second-order valence-electron chi connectivity index (χ2n) is 4.32. The maximum atomic E-state index is 12.2. The molecule has 0 spiro atoms. The summed E-state index contributed by atoms with van der Waals surface area (Å²) in [7, 11) is 1.75. The maximum Gasteiger partial charge on any atom is 0.244 e. The van der Waals surface area contributed by atoms with Crippen molar-refractivity contribution in [1.29, 1.82) is 0 Å². The normalized spacial score (nSPS) is 12.2. The molecule has 0 saturated carbocycles. The van der Waals surface area contributed by atoms with Crippen molar-refractivity contribution in [2.75, 3.05) is 7.05 Å². The standard InChI is InChI=1S/C14H15ClN2OS/c1-17(9-10-4-2-5-11(15)8-10)14(18)13(16)12-6-3-7-19-12/h2-8,13H,9,16H2,1H3. The molecule has 0 aliphatic heterocycles. The van der Waals surface area contributed by atoms with E-state index in [0.29, 0.717) is 11.6 Å². The Kier molecular flexibility index (Phi) is 4.58. The Labute approximate surface area is 121 Å². The molecule has 19 heavy (non-hydrogen) atoms. The Morgan fingerprint density at radius 1 is 1.42 bits per heavy atom. The fraction of sp³-hybridized carbons (Fsp3) is 0.214. The molecule has 0 saturated heterocycles. The van der Waals surface area contributed by atoms with Gasteiger partial charge >= 0.3 is 0 Å². The van der Waals surface area contributed by atoms with Crippen LogP contribution in [0.5, 0.6) is 0 Å². The Hall–Kier alpha value is -1.36. The average Bonchev–Trinajstić information content (AvgIpc) is 2.90. The van der Waals surface area contributed by atoms with Crippen molar-refractivity contribution in [2.45, 2.75) is 12.6 Å². The van der Waals surface area contributed by atoms with Crippen LogP contribution < -0.4 is 5.73 Å². The molecule has 1 unspecified atom stereocenters. The number of rotatable bonds is 4. The third-order valence-electron chi connectivity index (χ3n) is 2.80. The van der Waals surface area contributed by atoms with Gasteiger partial charge in [0.25, 0.3) is 0 Å². The van der Waals surface area contributed by atoms with E-state index in [4.69, 9.17) is 17.3 Å². The number of hydrogen-bond acceptors (Lipinski definition) is 3. The number of carbonyl (C=O) groups excluding carboxylic acids is 1. The molecule has 1 heterocycles. The van der Waals surface area contributed by atoms with Crippen molar-refractivity contribution in [2.24, 2.45) is 5.73 Å². The zero-order valence-corrected chi connectivity index (χ0v) is 12.1. The molecule has 1 amide bonds. The summed E-state index contributed by atoms with van der Waals surface area (Å²) in [5.74, 6) is -0.0950. The van der Waals surface area contributed by atoms with E-state index in [0.717, 1.165) is 10.4 Å². The average molecular weight is 295 g/mol. The predicted molar refractivity (Wildman–Crippen MR) is 79.2 cm³/mol. The Morgan fingerprint density at radius 2 is 2.21 bits per heavy atom. The highest BCUT2D eigenvalue weighted by atomic mass is 35.5. The van der Waals surface area contributed by atoms with Crippen LogP contribution in [0.1, 0.15) is 16.5 Å². The lowest BCUT2D eigenvalue weighted by molar-refractivity contribution is -0.131. The molecule has 0 aliphatic carbocycles. The van der Waals surface area contributed by atoms with Gasteiger partial charge in [-0.1, -0.05) is 29.8 Å². The van der Waals surface area contributed by atoms with Crippen LogP contribution in [0, 0.1) is 0 Å². The first-order valence-corrected chi connectivity index (χ1v) is 7.12. The van der Waals surface area contributed by atoms with Crippen molar-refractivity contribution in [3.63, 3.8) is 0 Å². The summed E-state index contributed by atoms with van der Waals surface area (Å²) in [5.41, 5.74) is 6.95. The molecule has 2 rings (SSSR count). The first-order valence-electron chi connectivity index (χ1n) is 5.86. The monoisotopic (exact) mass is 294 g/mol. The van der Waals surface area contributed by atoms with Gasteiger partial charge in [0.15, 0.2) is 0 Å². The van der Waals surface area contributed by atoms with Gasteiger partial charge in [0, 0.05) is 23.5 Å². The number of halogens is 1. The zero-order chi connectivity index (χ0) is 13.8. The second-order valence-corrected chi connectivity index (χ2v) is 5.73. The van der Waals surface area contributed by atoms with Crippen molar-refractivity contribution < 1.29 is 4.79 Å². The first-order chi connectivity index (χ1) is 9.08. The molecule has 3 nitrogen and oxygen atoms in total. The Morgan fingerprint density at radius 3 is 2.84 bits per heavy atom. The van der Waals surface area contributed by atoms with Crippen LogP contribution in [0.4, 0.5) is 0 Å². The largest absolute Gasteiger partial charge is 0.340 e. The van der Waals surface area contributed by atoms with E-state index in [1.54, 1.807) is 11.9 Å².